The van der Waals surface area contributed by atoms with Gasteiger partial charge in [-0.3, -0.25) is 0 Å². The Morgan fingerprint density at radius 1 is 1.05 bits per heavy atom. The molecule has 0 fully saturated rings. The third-order valence-corrected chi connectivity index (χ3v) is 2.92. The maximum absolute atomic E-state index is 9.73. The van der Waals surface area contributed by atoms with Gasteiger partial charge in [0.2, 0.25) is 11.7 Å². The van der Waals surface area contributed by atoms with Crippen LogP contribution in [-0.4, -0.2) is 20.2 Å². The van der Waals surface area contributed by atoms with E-state index in [9.17, 15) is 5.11 Å². The van der Waals surface area contributed by atoms with Crippen molar-refractivity contribution in [2.45, 2.75) is 13.3 Å². The van der Waals surface area contributed by atoms with E-state index in [0.29, 0.717) is 23.8 Å². The molecule has 20 heavy (non-hydrogen) atoms. The van der Waals surface area contributed by atoms with Crippen LogP contribution in [-0.2, 0) is 6.42 Å². The first-order valence-corrected chi connectivity index (χ1v) is 6.26. The Balaban J connectivity index is 1.86. The van der Waals surface area contributed by atoms with Gasteiger partial charge in [0.25, 0.3) is 0 Å². The van der Waals surface area contributed by atoms with Gasteiger partial charge in [0.05, 0.1) is 6.42 Å². The predicted molar refractivity (Wildman–Crippen MR) is 73.2 cm³/mol. The zero-order valence-electron chi connectivity index (χ0n) is 10.9. The van der Waals surface area contributed by atoms with Gasteiger partial charge in [-0.25, -0.2) is 4.98 Å². The SMILES string of the molecule is Cc1cccc(-c2noc(Cc3ccccc3O)n2)n1. The van der Waals surface area contributed by atoms with Crippen molar-refractivity contribution in [3.63, 3.8) is 0 Å². The first kappa shape index (κ1) is 12.3. The third kappa shape index (κ3) is 2.51. The summed E-state index contributed by atoms with van der Waals surface area (Å²) in [5.41, 5.74) is 2.33. The maximum Gasteiger partial charge on any atom is 0.231 e. The maximum atomic E-state index is 9.73. The number of aromatic nitrogens is 3. The zero-order valence-corrected chi connectivity index (χ0v) is 10.9. The molecule has 2 aromatic heterocycles. The second-order valence-corrected chi connectivity index (χ2v) is 4.48. The number of rotatable bonds is 3. The molecule has 0 aliphatic carbocycles. The van der Waals surface area contributed by atoms with E-state index in [1.807, 2.05) is 37.3 Å². The van der Waals surface area contributed by atoms with E-state index in [2.05, 4.69) is 15.1 Å². The van der Waals surface area contributed by atoms with Crippen LogP contribution in [0.15, 0.2) is 47.0 Å². The van der Waals surface area contributed by atoms with Gasteiger partial charge in [0, 0.05) is 11.3 Å². The lowest BCUT2D eigenvalue weighted by molar-refractivity contribution is 0.383. The number of benzene rings is 1. The molecule has 0 bridgehead atoms. The average Bonchev–Trinajstić information content (AvgIpc) is 2.90. The van der Waals surface area contributed by atoms with Crippen molar-refractivity contribution in [3.8, 4) is 17.3 Å². The smallest absolute Gasteiger partial charge is 0.231 e. The van der Waals surface area contributed by atoms with E-state index in [4.69, 9.17) is 4.52 Å². The summed E-state index contributed by atoms with van der Waals surface area (Å²) < 4.78 is 5.21. The molecule has 0 spiro atoms. The van der Waals surface area contributed by atoms with Gasteiger partial charge in [-0.15, -0.1) is 0 Å². The Labute approximate surface area is 115 Å². The van der Waals surface area contributed by atoms with Crippen molar-refractivity contribution in [1.82, 2.24) is 15.1 Å². The van der Waals surface area contributed by atoms with Crippen LogP contribution in [0.25, 0.3) is 11.5 Å². The van der Waals surface area contributed by atoms with Crippen LogP contribution in [0.4, 0.5) is 0 Å². The number of pyridine rings is 1. The van der Waals surface area contributed by atoms with Crippen LogP contribution in [0.5, 0.6) is 5.75 Å². The average molecular weight is 267 g/mol. The fourth-order valence-corrected chi connectivity index (χ4v) is 1.92. The molecular formula is C15H13N3O2. The molecular weight excluding hydrogens is 254 g/mol. The largest absolute Gasteiger partial charge is 0.508 e. The summed E-state index contributed by atoms with van der Waals surface area (Å²) in [6.07, 6.45) is 0.394. The second kappa shape index (κ2) is 5.13. The molecule has 0 unspecified atom stereocenters. The van der Waals surface area contributed by atoms with Gasteiger partial charge in [0.1, 0.15) is 11.4 Å². The van der Waals surface area contributed by atoms with Crippen LogP contribution in [0.1, 0.15) is 17.1 Å². The summed E-state index contributed by atoms with van der Waals surface area (Å²) in [7, 11) is 0. The molecule has 0 saturated heterocycles. The van der Waals surface area contributed by atoms with E-state index in [0.717, 1.165) is 11.3 Å². The molecule has 0 radical (unpaired) electrons. The Morgan fingerprint density at radius 2 is 1.90 bits per heavy atom. The number of aryl methyl sites for hydroxylation is 1. The monoisotopic (exact) mass is 267 g/mol. The van der Waals surface area contributed by atoms with Crippen molar-refractivity contribution in [2.24, 2.45) is 0 Å². The number of hydrogen-bond acceptors (Lipinski definition) is 5. The minimum absolute atomic E-state index is 0.223. The van der Waals surface area contributed by atoms with Gasteiger partial charge in [0.15, 0.2) is 0 Å². The van der Waals surface area contributed by atoms with Crippen LogP contribution in [0.3, 0.4) is 0 Å². The standard InChI is InChI=1S/C15H13N3O2/c1-10-5-4-7-12(16-10)15-17-14(20-18-15)9-11-6-2-3-8-13(11)19/h2-8,19H,9H2,1H3. The Hall–Kier alpha value is -2.69. The lowest BCUT2D eigenvalue weighted by Crippen LogP contribution is -1.90. The zero-order chi connectivity index (χ0) is 13.9. The van der Waals surface area contributed by atoms with Gasteiger partial charge in [-0.2, -0.15) is 4.98 Å². The molecule has 1 N–H and O–H groups in total. The van der Waals surface area contributed by atoms with Crippen LogP contribution in [0, 0.1) is 6.92 Å². The van der Waals surface area contributed by atoms with Gasteiger partial charge in [-0.1, -0.05) is 29.4 Å². The van der Waals surface area contributed by atoms with Crippen molar-refractivity contribution >= 4 is 0 Å². The highest BCUT2D eigenvalue weighted by molar-refractivity contribution is 5.48. The molecule has 3 rings (SSSR count). The minimum Gasteiger partial charge on any atom is -0.508 e. The third-order valence-electron chi connectivity index (χ3n) is 2.92. The lowest BCUT2D eigenvalue weighted by Gasteiger charge is -1.99. The quantitative estimate of drug-likeness (QED) is 0.790. The molecule has 2 heterocycles. The Bertz CT molecular complexity index is 737. The number of para-hydroxylation sites is 1. The number of phenolic OH excluding ortho intramolecular Hbond substituents is 1. The topological polar surface area (TPSA) is 72.0 Å². The molecule has 0 atom stereocenters. The number of nitrogens with zero attached hydrogens (tertiary/aromatic N) is 3. The highest BCUT2D eigenvalue weighted by Crippen LogP contribution is 2.20. The molecule has 1 aromatic carbocycles. The second-order valence-electron chi connectivity index (χ2n) is 4.48. The highest BCUT2D eigenvalue weighted by Gasteiger charge is 2.11. The summed E-state index contributed by atoms with van der Waals surface area (Å²) in [4.78, 5) is 8.65. The first-order valence-electron chi connectivity index (χ1n) is 6.26. The summed E-state index contributed by atoms with van der Waals surface area (Å²) in [5, 5.41) is 13.7. The summed E-state index contributed by atoms with van der Waals surface area (Å²) in [6, 6.07) is 12.7. The number of aromatic hydroxyl groups is 1. The number of hydrogen-bond donors (Lipinski definition) is 1. The predicted octanol–water partition coefficient (Wildman–Crippen LogP) is 2.74. The van der Waals surface area contributed by atoms with Crippen molar-refractivity contribution in [3.05, 3.63) is 59.6 Å². The van der Waals surface area contributed by atoms with E-state index in [1.54, 1.807) is 12.1 Å². The molecule has 5 heteroatoms. The van der Waals surface area contributed by atoms with Crippen LogP contribution < -0.4 is 0 Å². The van der Waals surface area contributed by atoms with Crippen molar-refractivity contribution in [2.75, 3.05) is 0 Å². The molecule has 0 saturated carbocycles. The van der Waals surface area contributed by atoms with E-state index in [-0.39, 0.29) is 5.75 Å². The summed E-state index contributed by atoms with van der Waals surface area (Å²) in [6.45, 7) is 1.91. The van der Waals surface area contributed by atoms with Crippen LogP contribution >= 0.6 is 0 Å². The highest BCUT2D eigenvalue weighted by atomic mass is 16.5. The fourth-order valence-electron chi connectivity index (χ4n) is 1.92. The first-order chi connectivity index (χ1) is 9.72. The molecule has 0 aliphatic heterocycles. The van der Waals surface area contributed by atoms with Crippen molar-refractivity contribution in [1.29, 1.82) is 0 Å². The lowest BCUT2D eigenvalue weighted by atomic mass is 10.1. The molecule has 5 nitrogen and oxygen atoms in total. The molecule has 0 amide bonds. The van der Waals surface area contributed by atoms with Gasteiger partial charge < -0.3 is 9.63 Å². The van der Waals surface area contributed by atoms with Crippen LogP contribution in [0.2, 0.25) is 0 Å². The summed E-state index contributed by atoms with van der Waals surface area (Å²) in [5.74, 6) is 1.13. The molecule has 3 aromatic rings. The summed E-state index contributed by atoms with van der Waals surface area (Å²) >= 11 is 0. The fraction of sp³-hybridized carbons (Fsp3) is 0.133. The molecule has 0 aliphatic rings. The van der Waals surface area contributed by atoms with Crippen molar-refractivity contribution < 1.29 is 9.63 Å². The van der Waals surface area contributed by atoms with E-state index < -0.39 is 0 Å². The van der Waals surface area contributed by atoms with Gasteiger partial charge >= 0.3 is 0 Å². The molecule has 100 valence electrons. The van der Waals surface area contributed by atoms with E-state index >= 15 is 0 Å². The Kier molecular flexibility index (Phi) is 3.16. The minimum atomic E-state index is 0.223. The Morgan fingerprint density at radius 3 is 2.70 bits per heavy atom. The normalized spacial score (nSPS) is 10.7. The number of phenols is 1. The van der Waals surface area contributed by atoms with Gasteiger partial charge in [-0.05, 0) is 25.1 Å². The van der Waals surface area contributed by atoms with E-state index in [1.165, 1.54) is 0 Å².